The van der Waals surface area contributed by atoms with Crippen molar-refractivity contribution in [2.24, 2.45) is 0 Å². The molecule has 0 aliphatic carbocycles. The largest absolute Gasteiger partial charge is 0.479 e. The molecule has 2 fully saturated rings. The van der Waals surface area contributed by atoms with Gasteiger partial charge in [-0.05, 0) is 32.2 Å². The SMILES string of the molecule is O=C(O)C1CCC(CNC(=O)[C@H]2CCCCN2)O1. The van der Waals surface area contributed by atoms with Gasteiger partial charge in [0.1, 0.15) is 0 Å². The zero-order chi connectivity index (χ0) is 13.0. The van der Waals surface area contributed by atoms with E-state index in [2.05, 4.69) is 10.6 Å². The highest BCUT2D eigenvalue weighted by Gasteiger charge is 2.31. The molecule has 0 radical (unpaired) electrons. The first-order valence-corrected chi connectivity index (χ1v) is 6.56. The van der Waals surface area contributed by atoms with Crippen LogP contribution in [0.1, 0.15) is 32.1 Å². The summed E-state index contributed by atoms with van der Waals surface area (Å²) in [6.07, 6.45) is 3.41. The lowest BCUT2D eigenvalue weighted by Gasteiger charge is -2.23. The summed E-state index contributed by atoms with van der Waals surface area (Å²) < 4.78 is 5.33. The van der Waals surface area contributed by atoms with Gasteiger partial charge in [0.25, 0.3) is 0 Å². The van der Waals surface area contributed by atoms with Crippen molar-refractivity contribution in [3.8, 4) is 0 Å². The Balaban J connectivity index is 1.68. The minimum absolute atomic E-state index is 0.00271. The summed E-state index contributed by atoms with van der Waals surface area (Å²) >= 11 is 0. The maximum absolute atomic E-state index is 11.8. The van der Waals surface area contributed by atoms with Crippen molar-refractivity contribution in [3.63, 3.8) is 0 Å². The van der Waals surface area contributed by atoms with Crippen molar-refractivity contribution in [1.82, 2.24) is 10.6 Å². The first-order valence-electron chi connectivity index (χ1n) is 6.56. The number of hydrogen-bond donors (Lipinski definition) is 3. The minimum Gasteiger partial charge on any atom is -0.479 e. The number of carboxylic acids is 1. The summed E-state index contributed by atoms with van der Waals surface area (Å²) in [7, 11) is 0. The molecule has 18 heavy (non-hydrogen) atoms. The van der Waals surface area contributed by atoms with E-state index < -0.39 is 12.1 Å². The van der Waals surface area contributed by atoms with Crippen LogP contribution >= 0.6 is 0 Å². The van der Waals surface area contributed by atoms with Gasteiger partial charge in [-0.15, -0.1) is 0 Å². The van der Waals surface area contributed by atoms with E-state index in [9.17, 15) is 9.59 Å². The molecule has 0 spiro atoms. The molecule has 2 aliphatic heterocycles. The van der Waals surface area contributed by atoms with Gasteiger partial charge in [-0.25, -0.2) is 4.79 Å². The lowest BCUT2D eigenvalue weighted by Crippen LogP contribution is -2.48. The molecule has 6 heteroatoms. The van der Waals surface area contributed by atoms with Crippen LogP contribution in [0.5, 0.6) is 0 Å². The number of amides is 1. The van der Waals surface area contributed by atoms with Gasteiger partial charge in [-0.3, -0.25) is 4.79 Å². The average Bonchev–Trinajstić information content (AvgIpc) is 2.86. The number of nitrogens with one attached hydrogen (secondary N) is 2. The Kier molecular flexibility index (Phi) is 4.54. The van der Waals surface area contributed by atoms with Gasteiger partial charge in [0, 0.05) is 6.54 Å². The Hall–Kier alpha value is -1.14. The number of ether oxygens (including phenoxy) is 1. The number of carbonyl (C=O) groups excluding carboxylic acids is 1. The number of piperidine rings is 1. The van der Waals surface area contributed by atoms with Crippen LogP contribution in [0.25, 0.3) is 0 Å². The molecule has 2 heterocycles. The van der Waals surface area contributed by atoms with Crippen molar-refractivity contribution in [3.05, 3.63) is 0 Å². The molecular formula is C12H20N2O4. The molecular weight excluding hydrogens is 236 g/mol. The average molecular weight is 256 g/mol. The standard InChI is InChI=1S/C12H20N2O4/c15-11(9-3-1-2-6-13-9)14-7-8-4-5-10(18-8)12(16)17/h8-10,13H,1-7H2,(H,14,15)(H,16,17)/t8?,9-,10?/m1/s1. The maximum Gasteiger partial charge on any atom is 0.332 e. The normalized spacial score (nSPS) is 32.1. The second-order valence-electron chi connectivity index (χ2n) is 4.91. The van der Waals surface area contributed by atoms with Gasteiger partial charge >= 0.3 is 5.97 Å². The van der Waals surface area contributed by atoms with Gasteiger partial charge < -0.3 is 20.5 Å². The summed E-state index contributed by atoms with van der Waals surface area (Å²) in [6.45, 7) is 1.29. The van der Waals surface area contributed by atoms with Crippen LogP contribution in [0.2, 0.25) is 0 Å². The highest BCUT2D eigenvalue weighted by atomic mass is 16.5. The van der Waals surface area contributed by atoms with E-state index in [1.54, 1.807) is 0 Å². The Labute approximate surface area is 106 Å². The molecule has 1 amide bonds. The molecule has 0 aromatic carbocycles. The number of carboxylic acid groups (broad SMARTS) is 1. The summed E-state index contributed by atoms with van der Waals surface area (Å²) in [6, 6.07) is -0.101. The lowest BCUT2D eigenvalue weighted by atomic mass is 10.0. The molecule has 0 aromatic rings. The van der Waals surface area contributed by atoms with Crippen LogP contribution in [0, 0.1) is 0 Å². The predicted octanol–water partition coefficient (Wildman–Crippen LogP) is -0.123. The molecule has 2 aliphatic rings. The van der Waals surface area contributed by atoms with Crippen LogP contribution in [-0.4, -0.2) is 48.3 Å². The van der Waals surface area contributed by atoms with Crippen LogP contribution in [0.4, 0.5) is 0 Å². The molecule has 102 valence electrons. The van der Waals surface area contributed by atoms with E-state index in [0.717, 1.165) is 25.8 Å². The second kappa shape index (κ2) is 6.15. The number of carbonyl (C=O) groups is 2. The Morgan fingerprint density at radius 2 is 2.11 bits per heavy atom. The van der Waals surface area contributed by atoms with Crippen LogP contribution < -0.4 is 10.6 Å². The quantitative estimate of drug-likeness (QED) is 0.652. The molecule has 3 N–H and O–H groups in total. The number of rotatable bonds is 4. The third kappa shape index (κ3) is 3.43. The third-order valence-corrected chi connectivity index (χ3v) is 3.51. The molecule has 2 rings (SSSR count). The smallest absolute Gasteiger partial charge is 0.332 e. The molecule has 2 unspecified atom stereocenters. The fraction of sp³-hybridized carbons (Fsp3) is 0.833. The summed E-state index contributed by atoms with van der Waals surface area (Å²) in [5.41, 5.74) is 0. The van der Waals surface area contributed by atoms with E-state index in [4.69, 9.17) is 9.84 Å². The first-order chi connectivity index (χ1) is 8.66. The highest BCUT2D eigenvalue weighted by molar-refractivity contribution is 5.81. The molecule has 6 nitrogen and oxygen atoms in total. The monoisotopic (exact) mass is 256 g/mol. The maximum atomic E-state index is 11.8. The summed E-state index contributed by atoms with van der Waals surface area (Å²) in [5, 5.41) is 14.8. The van der Waals surface area contributed by atoms with Crippen molar-refractivity contribution in [1.29, 1.82) is 0 Å². The van der Waals surface area contributed by atoms with Gasteiger partial charge in [0.05, 0.1) is 12.1 Å². The fourth-order valence-corrected chi connectivity index (χ4v) is 2.45. The molecule has 0 saturated carbocycles. The summed E-state index contributed by atoms with van der Waals surface area (Å²) in [4.78, 5) is 22.5. The predicted molar refractivity (Wildman–Crippen MR) is 64.2 cm³/mol. The van der Waals surface area contributed by atoms with Crippen molar-refractivity contribution < 1.29 is 19.4 Å². The third-order valence-electron chi connectivity index (χ3n) is 3.51. The van der Waals surface area contributed by atoms with Crippen molar-refractivity contribution in [2.75, 3.05) is 13.1 Å². The Morgan fingerprint density at radius 3 is 2.72 bits per heavy atom. The highest BCUT2D eigenvalue weighted by Crippen LogP contribution is 2.19. The minimum atomic E-state index is -0.919. The Bertz CT molecular complexity index is 315. The van der Waals surface area contributed by atoms with Gasteiger partial charge in [-0.2, -0.15) is 0 Å². The van der Waals surface area contributed by atoms with E-state index in [1.807, 2.05) is 0 Å². The van der Waals surface area contributed by atoms with Gasteiger partial charge in [-0.1, -0.05) is 6.42 Å². The molecule has 0 aromatic heterocycles. The van der Waals surface area contributed by atoms with Crippen LogP contribution in [-0.2, 0) is 14.3 Å². The first kappa shape index (κ1) is 13.3. The fourth-order valence-electron chi connectivity index (χ4n) is 2.45. The van der Waals surface area contributed by atoms with Gasteiger partial charge in [0.15, 0.2) is 6.10 Å². The van der Waals surface area contributed by atoms with E-state index >= 15 is 0 Å². The number of aliphatic carboxylic acids is 1. The zero-order valence-electron chi connectivity index (χ0n) is 10.4. The zero-order valence-corrected chi connectivity index (χ0v) is 10.4. The Morgan fingerprint density at radius 1 is 1.28 bits per heavy atom. The van der Waals surface area contributed by atoms with E-state index in [0.29, 0.717) is 19.4 Å². The van der Waals surface area contributed by atoms with Crippen molar-refractivity contribution >= 4 is 11.9 Å². The van der Waals surface area contributed by atoms with Crippen LogP contribution in [0.3, 0.4) is 0 Å². The lowest BCUT2D eigenvalue weighted by molar-refractivity contribution is -0.149. The van der Waals surface area contributed by atoms with Gasteiger partial charge in [0.2, 0.25) is 5.91 Å². The van der Waals surface area contributed by atoms with Crippen molar-refractivity contribution in [2.45, 2.75) is 50.4 Å². The van der Waals surface area contributed by atoms with E-state index in [-0.39, 0.29) is 18.1 Å². The molecule has 3 atom stereocenters. The van der Waals surface area contributed by atoms with Crippen LogP contribution in [0.15, 0.2) is 0 Å². The molecule has 2 saturated heterocycles. The second-order valence-corrected chi connectivity index (χ2v) is 4.91. The number of hydrogen-bond acceptors (Lipinski definition) is 4. The van der Waals surface area contributed by atoms with E-state index in [1.165, 1.54) is 0 Å². The molecule has 0 bridgehead atoms. The summed E-state index contributed by atoms with van der Waals surface area (Å²) in [5.74, 6) is -0.921. The topological polar surface area (TPSA) is 87.7 Å².